The minimum Gasteiger partial charge on any atom is -0.368 e. The highest BCUT2D eigenvalue weighted by Gasteiger charge is 2.27. The first-order chi connectivity index (χ1) is 5.66. The summed E-state index contributed by atoms with van der Waals surface area (Å²) in [6.45, 7) is 2.17. The number of nitrogens with zero attached hydrogens (tertiary/aromatic N) is 2. The monoisotopic (exact) mass is 170 g/mol. The molecule has 1 aliphatic carbocycles. The lowest BCUT2D eigenvalue weighted by molar-refractivity contribution is 0.184. The molecule has 0 bridgehead atoms. The summed E-state index contributed by atoms with van der Waals surface area (Å²) in [5, 5.41) is 3.47. The van der Waals surface area contributed by atoms with E-state index in [2.05, 4.69) is 12.0 Å². The van der Waals surface area contributed by atoms with Crippen LogP contribution < -0.4 is 11.6 Å². The number of guanidine groups is 1. The van der Waals surface area contributed by atoms with Crippen LogP contribution in [0.2, 0.25) is 0 Å². The molecule has 4 nitrogen and oxygen atoms in total. The Balaban J connectivity index is 2.44. The highest BCUT2D eigenvalue weighted by Crippen LogP contribution is 2.31. The van der Waals surface area contributed by atoms with E-state index >= 15 is 0 Å². The van der Waals surface area contributed by atoms with E-state index in [1.807, 2.05) is 11.9 Å². The van der Waals surface area contributed by atoms with E-state index in [0.29, 0.717) is 12.0 Å². The molecule has 0 aromatic rings. The molecule has 1 atom stereocenters. The highest BCUT2D eigenvalue weighted by molar-refractivity contribution is 5.77. The van der Waals surface area contributed by atoms with Crippen molar-refractivity contribution in [1.29, 1.82) is 0 Å². The van der Waals surface area contributed by atoms with Crippen LogP contribution in [0, 0.1) is 5.92 Å². The summed E-state index contributed by atoms with van der Waals surface area (Å²) in [4.78, 5) is 1.95. The van der Waals surface area contributed by atoms with Gasteiger partial charge in [0.1, 0.15) is 0 Å². The fourth-order valence-electron chi connectivity index (χ4n) is 1.54. The summed E-state index contributed by atoms with van der Waals surface area (Å²) in [5.74, 6) is 6.29. The van der Waals surface area contributed by atoms with Gasteiger partial charge >= 0.3 is 0 Å². The zero-order valence-electron chi connectivity index (χ0n) is 7.83. The first-order valence-electron chi connectivity index (χ1n) is 4.43. The second-order valence-electron chi connectivity index (χ2n) is 3.53. The zero-order chi connectivity index (χ0) is 9.14. The first kappa shape index (κ1) is 9.16. The lowest BCUT2D eigenvalue weighted by atomic mass is 9.80. The maximum absolute atomic E-state index is 5.58. The van der Waals surface area contributed by atoms with Gasteiger partial charge in [-0.05, 0) is 25.7 Å². The average Bonchev–Trinajstić information content (AvgIpc) is 1.98. The van der Waals surface area contributed by atoms with Gasteiger partial charge in [-0.1, -0.05) is 6.42 Å². The summed E-state index contributed by atoms with van der Waals surface area (Å²) in [7, 11) is 1.94. The Morgan fingerprint density at radius 3 is 2.50 bits per heavy atom. The average molecular weight is 170 g/mol. The Morgan fingerprint density at radius 2 is 2.17 bits per heavy atom. The van der Waals surface area contributed by atoms with Crippen molar-refractivity contribution in [3.05, 3.63) is 0 Å². The number of nitrogens with two attached hydrogens (primary N) is 2. The van der Waals surface area contributed by atoms with Crippen molar-refractivity contribution in [2.24, 2.45) is 22.6 Å². The van der Waals surface area contributed by atoms with Gasteiger partial charge in [-0.25, -0.2) is 0 Å². The molecule has 0 aromatic heterocycles. The molecule has 1 aliphatic rings. The quantitative estimate of drug-likeness (QED) is 0.271. The molecule has 1 rings (SSSR count). The van der Waals surface area contributed by atoms with Gasteiger partial charge in [0.15, 0.2) is 0 Å². The maximum atomic E-state index is 5.58. The fraction of sp³-hybridized carbons (Fsp3) is 0.875. The van der Waals surface area contributed by atoms with Crippen LogP contribution in [0.15, 0.2) is 5.10 Å². The largest absolute Gasteiger partial charge is 0.368 e. The van der Waals surface area contributed by atoms with Gasteiger partial charge in [-0.2, -0.15) is 0 Å². The van der Waals surface area contributed by atoms with Crippen LogP contribution >= 0.6 is 0 Å². The Hall–Kier alpha value is -0.930. The molecule has 0 aliphatic heterocycles. The highest BCUT2D eigenvalue weighted by atomic mass is 15.3. The second kappa shape index (κ2) is 3.65. The predicted molar refractivity (Wildman–Crippen MR) is 50.4 cm³/mol. The van der Waals surface area contributed by atoms with E-state index in [-0.39, 0.29) is 0 Å². The minimum absolute atomic E-state index is 0.425. The van der Waals surface area contributed by atoms with E-state index in [1.54, 1.807) is 0 Å². The normalized spacial score (nSPS) is 21.7. The summed E-state index contributed by atoms with van der Waals surface area (Å²) >= 11 is 0. The number of rotatable bonds is 2. The smallest absolute Gasteiger partial charge is 0.213 e. The first-order valence-corrected chi connectivity index (χ1v) is 4.43. The van der Waals surface area contributed by atoms with Gasteiger partial charge in [0.25, 0.3) is 0 Å². The summed E-state index contributed by atoms with van der Waals surface area (Å²) in [6.07, 6.45) is 3.97. The molecule has 4 heteroatoms. The third-order valence-electron chi connectivity index (χ3n) is 2.94. The number of hydrogen-bond acceptors (Lipinski definition) is 2. The van der Waals surface area contributed by atoms with E-state index < -0.39 is 0 Å². The summed E-state index contributed by atoms with van der Waals surface area (Å²) < 4.78 is 0. The van der Waals surface area contributed by atoms with E-state index in [0.717, 1.165) is 5.92 Å². The van der Waals surface area contributed by atoms with Crippen LogP contribution in [0.3, 0.4) is 0 Å². The molecule has 1 saturated carbocycles. The topological polar surface area (TPSA) is 67.6 Å². The van der Waals surface area contributed by atoms with Crippen molar-refractivity contribution in [2.45, 2.75) is 32.2 Å². The molecule has 4 N–H and O–H groups in total. The molecule has 0 aromatic carbocycles. The zero-order valence-corrected chi connectivity index (χ0v) is 7.83. The molecule has 0 amide bonds. The molecule has 12 heavy (non-hydrogen) atoms. The van der Waals surface area contributed by atoms with Gasteiger partial charge < -0.3 is 16.5 Å². The van der Waals surface area contributed by atoms with Gasteiger partial charge in [0.2, 0.25) is 5.96 Å². The summed E-state index contributed by atoms with van der Waals surface area (Å²) in [5.41, 5.74) is 5.58. The van der Waals surface area contributed by atoms with Crippen LogP contribution in [-0.4, -0.2) is 23.9 Å². The van der Waals surface area contributed by atoms with E-state index in [9.17, 15) is 0 Å². The molecule has 0 heterocycles. The van der Waals surface area contributed by atoms with Crippen LogP contribution in [0.4, 0.5) is 0 Å². The number of hydrazone groups is 1. The Labute approximate surface area is 73.6 Å². The standard InChI is InChI=1S/C8H18N4/c1-6(7-4-3-5-7)12(2)8(9)11-10/h6-7H,3-5,10H2,1-2H3,(H2,9,11). The van der Waals surface area contributed by atoms with Crippen molar-refractivity contribution in [1.82, 2.24) is 4.90 Å². The molecule has 1 unspecified atom stereocenters. The van der Waals surface area contributed by atoms with Crippen LogP contribution in [0.1, 0.15) is 26.2 Å². The maximum Gasteiger partial charge on any atom is 0.213 e. The Bertz CT molecular complexity index is 174. The van der Waals surface area contributed by atoms with E-state index in [1.165, 1.54) is 19.3 Å². The van der Waals surface area contributed by atoms with Crippen LogP contribution in [-0.2, 0) is 0 Å². The summed E-state index contributed by atoms with van der Waals surface area (Å²) in [6, 6.07) is 0.464. The molecule has 0 saturated heterocycles. The molecular weight excluding hydrogens is 152 g/mol. The molecule has 0 spiro atoms. The van der Waals surface area contributed by atoms with Crippen molar-refractivity contribution < 1.29 is 0 Å². The molecule has 1 fully saturated rings. The minimum atomic E-state index is 0.425. The van der Waals surface area contributed by atoms with Crippen molar-refractivity contribution >= 4 is 5.96 Å². The lowest BCUT2D eigenvalue weighted by Crippen LogP contribution is -2.46. The van der Waals surface area contributed by atoms with Crippen molar-refractivity contribution in [3.63, 3.8) is 0 Å². The molecule has 70 valence electrons. The van der Waals surface area contributed by atoms with Crippen molar-refractivity contribution in [2.75, 3.05) is 7.05 Å². The third-order valence-corrected chi connectivity index (χ3v) is 2.94. The Kier molecular flexibility index (Phi) is 2.78. The number of hydrogen-bond donors (Lipinski definition) is 2. The molecular formula is C8H18N4. The molecule has 0 radical (unpaired) electrons. The SMILES string of the molecule is CC(C1CCC1)N(C)/C(N)=N/N. The van der Waals surface area contributed by atoms with Gasteiger partial charge in [0.05, 0.1) is 0 Å². The van der Waals surface area contributed by atoms with Crippen LogP contribution in [0.25, 0.3) is 0 Å². The Morgan fingerprint density at radius 1 is 1.58 bits per heavy atom. The van der Waals surface area contributed by atoms with Crippen LogP contribution in [0.5, 0.6) is 0 Å². The van der Waals surface area contributed by atoms with Gasteiger partial charge in [-0.3, -0.25) is 0 Å². The second-order valence-corrected chi connectivity index (χ2v) is 3.53. The van der Waals surface area contributed by atoms with Crippen molar-refractivity contribution in [3.8, 4) is 0 Å². The van der Waals surface area contributed by atoms with Gasteiger partial charge in [-0.15, -0.1) is 5.10 Å². The predicted octanol–water partition coefficient (Wildman–Crippen LogP) is 0.295. The van der Waals surface area contributed by atoms with Gasteiger partial charge in [0, 0.05) is 13.1 Å². The fourth-order valence-corrected chi connectivity index (χ4v) is 1.54. The lowest BCUT2D eigenvalue weighted by Gasteiger charge is -2.37. The van der Waals surface area contributed by atoms with E-state index in [4.69, 9.17) is 11.6 Å². The third kappa shape index (κ3) is 1.62.